The molecule has 1 aliphatic carbocycles. The molecule has 3 rings (SSSR count). The van der Waals surface area contributed by atoms with E-state index >= 15 is 0 Å². The lowest BCUT2D eigenvalue weighted by atomic mass is 10.2. The van der Waals surface area contributed by atoms with Gasteiger partial charge >= 0.3 is 0 Å². The third-order valence-electron chi connectivity index (χ3n) is 3.31. The quantitative estimate of drug-likeness (QED) is 0.798. The molecule has 0 unspecified atom stereocenters. The number of halogens is 1. The summed E-state index contributed by atoms with van der Waals surface area (Å²) >= 11 is 6.22. The Morgan fingerprint density at radius 3 is 2.83 bits per heavy atom. The van der Waals surface area contributed by atoms with E-state index in [9.17, 15) is 0 Å². The topological polar surface area (TPSA) is 43.6 Å². The summed E-state index contributed by atoms with van der Waals surface area (Å²) in [7, 11) is 0. The molecule has 2 aromatic rings. The second kappa shape index (κ2) is 4.35. The summed E-state index contributed by atoms with van der Waals surface area (Å²) in [5.41, 5.74) is 1.77. The predicted molar refractivity (Wildman–Crippen MR) is 70.6 cm³/mol. The third kappa shape index (κ3) is 1.90. The van der Waals surface area contributed by atoms with Crippen LogP contribution in [0.2, 0.25) is 5.15 Å². The van der Waals surface area contributed by atoms with E-state index < -0.39 is 0 Å². The number of aryl methyl sites for hydroxylation is 1. The van der Waals surface area contributed by atoms with Gasteiger partial charge in [0.2, 0.25) is 0 Å². The molecule has 0 aromatic carbocycles. The highest BCUT2D eigenvalue weighted by atomic mass is 35.5. The minimum absolute atomic E-state index is 0.492. The molecule has 1 aliphatic rings. The maximum absolute atomic E-state index is 6.22. The van der Waals surface area contributed by atoms with E-state index in [-0.39, 0.29) is 0 Å². The van der Waals surface area contributed by atoms with Gasteiger partial charge in [-0.2, -0.15) is 0 Å². The Morgan fingerprint density at radius 1 is 1.39 bits per heavy atom. The maximum Gasteiger partial charge on any atom is 0.159 e. The molecule has 2 aromatic heterocycles. The molecule has 0 saturated heterocycles. The largest absolute Gasteiger partial charge is 0.330 e. The molecular weight excluding hydrogens is 248 g/mol. The monoisotopic (exact) mass is 262 g/mol. The van der Waals surface area contributed by atoms with Gasteiger partial charge in [-0.3, -0.25) is 0 Å². The van der Waals surface area contributed by atoms with E-state index in [0.717, 1.165) is 29.5 Å². The van der Waals surface area contributed by atoms with Crippen LogP contribution in [0, 0.1) is 6.92 Å². The maximum atomic E-state index is 6.22. The first-order valence-electron chi connectivity index (χ1n) is 6.26. The van der Waals surface area contributed by atoms with Crippen LogP contribution >= 0.6 is 11.6 Å². The van der Waals surface area contributed by atoms with Crippen molar-refractivity contribution in [3.63, 3.8) is 0 Å². The van der Waals surface area contributed by atoms with Crippen molar-refractivity contribution in [2.24, 2.45) is 0 Å². The fourth-order valence-corrected chi connectivity index (χ4v) is 2.20. The van der Waals surface area contributed by atoms with Gasteiger partial charge in [-0.1, -0.05) is 11.6 Å². The van der Waals surface area contributed by atoms with Gasteiger partial charge in [-0.05, 0) is 26.7 Å². The zero-order chi connectivity index (χ0) is 12.7. The second-order valence-electron chi connectivity index (χ2n) is 4.66. The van der Waals surface area contributed by atoms with Crippen molar-refractivity contribution in [3.8, 4) is 11.5 Å². The van der Waals surface area contributed by atoms with Gasteiger partial charge in [0.05, 0.1) is 0 Å². The van der Waals surface area contributed by atoms with Crippen LogP contribution in [-0.2, 0) is 6.54 Å². The molecule has 0 amide bonds. The molecular formula is C13H15ClN4. The van der Waals surface area contributed by atoms with Crippen LogP contribution in [0.15, 0.2) is 12.4 Å². The van der Waals surface area contributed by atoms with Crippen molar-refractivity contribution in [2.75, 3.05) is 0 Å². The lowest BCUT2D eigenvalue weighted by Gasteiger charge is -2.10. The standard InChI is InChI=1S/C13H15ClN4/c1-3-18-7-6-15-13(18)10-8(2)11(14)17-12(16-10)9-4-5-9/h6-7,9H,3-5H2,1-2H3. The number of imidazole rings is 1. The summed E-state index contributed by atoms with van der Waals surface area (Å²) < 4.78 is 2.07. The molecule has 5 heteroatoms. The number of rotatable bonds is 3. The van der Waals surface area contributed by atoms with Gasteiger partial charge in [0, 0.05) is 30.4 Å². The first-order valence-corrected chi connectivity index (χ1v) is 6.64. The van der Waals surface area contributed by atoms with Crippen LogP contribution in [0.4, 0.5) is 0 Å². The Morgan fingerprint density at radius 2 is 2.17 bits per heavy atom. The summed E-state index contributed by atoms with van der Waals surface area (Å²) in [6.07, 6.45) is 6.09. The molecule has 0 N–H and O–H groups in total. The van der Waals surface area contributed by atoms with E-state index in [0.29, 0.717) is 11.1 Å². The summed E-state index contributed by atoms with van der Waals surface area (Å²) in [6.45, 7) is 4.91. The van der Waals surface area contributed by atoms with Gasteiger partial charge in [0.1, 0.15) is 16.7 Å². The summed E-state index contributed by atoms with van der Waals surface area (Å²) in [5.74, 6) is 2.24. The van der Waals surface area contributed by atoms with Crippen LogP contribution in [0.5, 0.6) is 0 Å². The van der Waals surface area contributed by atoms with Crippen LogP contribution in [0.25, 0.3) is 11.5 Å². The Labute approximate surface area is 111 Å². The highest BCUT2D eigenvalue weighted by Crippen LogP contribution is 2.39. The van der Waals surface area contributed by atoms with Crippen LogP contribution in [0.1, 0.15) is 37.1 Å². The van der Waals surface area contributed by atoms with E-state index in [2.05, 4.69) is 26.4 Å². The van der Waals surface area contributed by atoms with Crippen molar-refractivity contribution in [3.05, 3.63) is 28.9 Å². The molecule has 0 bridgehead atoms. The number of hydrogen-bond donors (Lipinski definition) is 0. The molecule has 4 nitrogen and oxygen atoms in total. The minimum atomic E-state index is 0.492. The highest BCUT2D eigenvalue weighted by Gasteiger charge is 2.28. The van der Waals surface area contributed by atoms with Gasteiger partial charge in [0.15, 0.2) is 5.82 Å². The van der Waals surface area contributed by atoms with E-state index in [1.807, 2.05) is 13.1 Å². The van der Waals surface area contributed by atoms with Crippen molar-refractivity contribution in [2.45, 2.75) is 39.2 Å². The van der Waals surface area contributed by atoms with Crippen LogP contribution in [-0.4, -0.2) is 19.5 Å². The van der Waals surface area contributed by atoms with Crippen molar-refractivity contribution in [1.29, 1.82) is 0 Å². The average Bonchev–Trinajstić information content (AvgIpc) is 3.11. The third-order valence-corrected chi connectivity index (χ3v) is 3.68. The molecule has 2 heterocycles. The molecule has 0 spiro atoms. The Balaban J connectivity index is 2.15. The number of aromatic nitrogens is 4. The zero-order valence-corrected chi connectivity index (χ0v) is 11.3. The van der Waals surface area contributed by atoms with E-state index in [1.54, 1.807) is 6.20 Å². The number of hydrogen-bond acceptors (Lipinski definition) is 3. The van der Waals surface area contributed by atoms with E-state index in [1.165, 1.54) is 12.8 Å². The van der Waals surface area contributed by atoms with Gasteiger partial charge in [-0.25, -0.2) is 15.0 Å². The zero-order valence-electron chi connectivity index (χ0n) is 10.5. The SMILES string of the molecule is CCn1ccnc1-c1nc(C2CC2)nc(Cl)c1C. The fraction of sp³-hybridized carbons (Fsp3) is 0.462. The Kier molecular flexibility index (Phi) is 2.82. The molecule has 94 valence electrons. The molecule has 1 saturated carbocycles. The summed E-state index contributed by atoms with van der Waals surface area (Å²) in [6, 6.07) is 0. The molecule has 18 heavy (non-hydrogen) atoms. The molecule has 1 fully saturated rings. The van der Waals surface area contributed by atoms with Gasteiger partial charge in [0.25, 0.3) is 0 Å². The van der Waals surface area contributed by atoms with Gasteiger partial charge in [-0.15, -0.1) is 0 Å². The van der Waals surface area contributed by atoms with Crippen molar-refractivity contribution >= 4 is 11.6 Å². The van der Waals surface area contributed by atoms with Crippen molar-refractivity contribution in [1.82, 2.24) is 19.5 Å². The first kappa shape index (κ1) is 11.7. The smallest absolute Gasteiger partial charge is 0.159 e. The fourth-order valence-electron chi connectivity index (χ4n) is 2.03. The average molecular weight is 263 g/mol. The normalized spacial score (nSPS) is 15.1. The van der Waals surface area contributed by atoms with Crippen molar-refractivity contribution < 1.29 is 0 Å². The lowest BCUT2D eigenvalue weighted by molar-refractivity contribution is 0.764. The first-order chi connectivity index (χ1) is 8.70. The Bertz CT molecular complexity index is 587. The highest BCUT2D eigenvalue weighted by molar-refractivity contribution is 6.30. The van der Waals surface area contributed by atoms with Gasteiger partial charge < -0.3 is 4.57 Å². The molecule has 0 atom stereocenters. The Hall–Kier alpha value is -1.42. The second-order valence-corrected chi connectivity index (χ2v) is 5.02. The predicted octanol–water partition coefficient (Wildman–Crippen LogP) is 3.20. The minimum Gasteiger partial charge on any atom is -0.330 e. The summed E-state index contributed by atoms with van der Waals surface area (Å²) in [5, 5.41) is 0.549. The van der Waals surface area contributed by atoms with E-state index in [4.69, 9.17) is 11.6 Å². The lowest BCUT2D eigenvalue weighted by Crippen LogP contribution is -2.04. The van der Waals surface area contributed by atoms with Crippen LogP contribution < -0.4 is 0 Å². The van der Waals surface area contributed by atoms with Crippen LogP contribution in [0.3, 0.4) is 0 Å². The number of nitrogens with zero attached hydrogens (tertiary/aromatic N) is 4. The summed E-state index contributed by atoms with van der Waals surface area (Å²) in [4.78, 5) is 13.4. The molecule has 0 radical (unpaired) electrons. The molecule has 0 aliphatic heterocycles.